The third-order valence-corrected chi connectivity index (χ3v) is 5.89. The van der Waals surface area contributed by atoms with Crippen molar-refractivity contribution < 1.29 is 9.90 Å². The third-order valence-electron chi connectivity index (χ3n) is 5.89. The van der Waals surface area contributed by atoms with Crippen LogP contribution in [0.1, 0.15) is 42.5 Å². The number of hydrogen-bond acceptors (Lipinski definition) is 6. The van der Waals surface area contributed by atoms with Crippen molar-refractivity contribution >= 4 is 22.8 Å². The predicted molar refractivity (Wildman–Crippen MR) is 121 cm³/mol. The number of aromatic amines is 2. The normalized spacial score (nSPS) is 14.5. The summed E-state index contributed by atoms with van der Waals surface area (Å²) < 4.78 is 0. The van der Waals surface area contributed by atoms with Gasteiger partial charge in [0.25, 0.3) is 5.56 Å². The highest BCUT2D eigenvalue weighted by molar-refractivity contribution is 5.89. The van der Waals surface area contributed by atoms with Gasteiger partial charge in [-0.3, -0.25) is 4.79 Å². The maximum atomic E-state index is 12.3. The van der Waals surface area contributed by atoms with E-state index < -0.39 is 5.97 Å². The van der Waals surface area contributed by atoms with Gasteiger partial charge in [-0.15, -0.1) is 10.2 Å². The Labute approximate surface area is 182 Å². The van der Waals surface area contributed by atoms with Crippen molar-refractivity contribution in [2.45, 2.75) is 38.1 Å². The van der Waals surface area contributed by atoms with Gasteiger partial charge in [-0.1, -0.05) is 43.5 Å². The first-order valence-electron chi connectivity index (χ1n) is 10.6. The van der Waals surface area contributed by atoms with Gasteiger partial charge < -0.3 is 15.4 Å². The van der Waals surface area contributed by atoms with Crippen molar-refractivity contribution in [3.63, 3.8) is 0 Å². The number of benzene rings is 2. The molecule has 9 heteroatoms. The van der Waals surface area contributed by atoms with E-state index >= 15 is 0 Å². The minimum Gasteiger partial charge on any atom is -0.478 e. The van der Waals surface area contributed by atoms with Crippen molar-refractivity contribution in [1.82, 2.24) is 25.4 Å². The van der Waals surface area contributed by atoms with E-state index in [0.29, 0.717) is 11.9 Å². The summed E-state index contributed by atoms with van der Waals surface area (Å²) in [4.78, 5) is 30.8. The second-order valence-electron chi connectivity index (χ2n) is 8.03. The monoisotopic (exact) mass is 430 g/mol. The van der Waals surface area contributed by atoms with Gasteiger partial charge in [-0.25, -0.2) is 9.78 Å². The summed E-state index contributed by atoms with van der Waals surface area (Å²) in [5.41, 5.74) is 3.86. The van der Waals surface area contributed by atoms with Crippen LogP contribution >= 0.6 is 0 Å². The molecule has 1 aliphatic carbocycles. The number of rotatable bonds is 5. The topological polar surface area (TPSA) is 137 Å². The molecule has 0 aliphatic heterocycles. The fourth-order valence-corrected chi connectivity index (χ4v) is 4.21. The minimum atomic E-state index is -0.953. The Hall–Kier alpha value is -4.01. The average Bonchev–Trinajstić information content (AvgIpc) is 3.29. The number of nitrogens with zero attached hydrogens (tertiary/aromatic N) is 3. The molecule has 162 valence electrons. The summed E-state index contributed by atoms with van der Waals surface area (Å²) in [5.74, 6) is -0.540. The fraction of sp³-hybridized carbons (Fsp3) is 0.261. The van der Waals surface area contributed by atoms with Crippen molar-refractivity contribution in [2.24, 2.45) is 0 Å². The lowest BCUT2D eigenvalue weighted by Gasteiger charge is -2.25. The van der Waals surface area contributed by atoms with Gasteiger partial charge in [0, 0.05) is 22.9 Å². The molecule has 2 aromatic carbocycles. The van der Waals surface area contributed by atoms with E-state index in [1.807, 2.05) is 30.3 Å². The molecule has 9 nitrogen and oxygen atoms in total. The van der Waals surface area contributed by atoms with Gasteiger partial charge in [0.05, 0.1) is 5.56 Å². The van der Waals surface area contributed by atoms with Crippen molar-refractivity contribution in [2.75, 3.05) is 5.32 Å². The second-order valence-corrected chi connectivity index (χ2v) is 8.03. The van der Waals surface area contributed by atoms with Crippen LogP contribution in [0.15, 0.2) is 47.3 Å². The van der Waals surface area contributed by atoms with Gasteiger partial charge in [-0.05, 0) is 36.6 Å². The molecule has 0 unspecified atom stereocenters. The molecule has 0 amide bonds. The summed E-state index contributed by atoms with van der Waals surface area (Å²) in [7, 11) is 0. The van der Waals surface area contributed by atoms with E-state index in [-0.39, 0.29) is 22.3 Å². The van der Waals surface area contributed by atoms with Crippen LogP contribution in [-0.4, -0.2) is 42.5 Å². The van der Waals surface area contributed by atoms with Crippen LogP contribution in [0.2, 0.25) is 0 Å². The maximum absolute atomic E-state index is 12.3. The molecule has 4 aromatic rings. The third kappa shape index (κ3) is 3.84. The number of H-pyrrole nitrogens is 2. The Morgan fingerprint density at radius 1 is 1.00 bits per heavy atom. The number of fused-ring (bicyclic) bond motifs is 1. The first kappa shape index (κ1) is 19.9. The van der Waals surface area contributed by atoms with Crippen LogP contribution in [0.25, 0.3) is 33.7 Å². The number of carboxylic acids is 1. The van der Waals surface area contributed by atoms with Crippen LogP contribution in [0.4, 0.5) is 5.69 Å². The number of hydrogen-bond donors (Lipinski definition) is 4. The molecule has 4 N–H and O–H groups in total. The zero-order valence-corrected chi connectivity index (χ0v) is 17.3. The second kappa shape index (κ2) is 8.26. The number of anilines is 1. The Kier molecular flexibility index (Phi) is 5.14. The average molecular weight is 430 g/mol. The number of aromatic carboxylic acids is 1. The SMILES string of the molecule is O=C(O)c1ccc(-c2ccc(-c3nc4n[nH]nc4c(=O)[nH]3)cc2NC2CCCCC2)cc1. The lowest BCUT2D eigenvalue weighted by atomic mass is 9.94. The summed E-state index contributed by atoms with van der Waals surface area (Å²) in [5, 5.41) is 23.1. The molecule has 2 aromatic heterocycles. The first-order valence-corrected chi connectivity index (χ1v) is 10.6. The van der Waals surface area contributed by atoms with E-state index in [4.69, 9.17) is 0 Å². The van der Waals surface area contributed by atoms with E-state index in [1.165, 1.54) is 19.3 Å². The molecule has 1 aliphatic rings. The summed E-state index contributed by atoms with van der Waals surface area (Å²) in [6.45, 7) is 0. The highest BCUT2D eigenvalue weighted by Gasteiger charge is 2.17. The van der Waals surface area contributed by atoms with E-state index in [2.05, 4.69) is 30.7 Å². The van der Waals surface area contributed by atoms with Crippen LogP contribution in [0.5, 0.6) is 0 Å². The summed E-state index contributed by atoms with van der Waals surface area (Å²) >= 11 is 0. The lowest BCUT2D eigenvalue weighted by molar-refractivity contribution is 0.0697. The van der Waals surface area contributed by atoms with Gasteiger partial charge in [-0.2, -0.15) is 5.21 Å². The highest BCUT2D eigenvalue weighted by Crippen LogP contribution is 2.34. The fourth-order valence-electron chi connectivity index (χ4n) is 4.21. The summed E-state index contributed by atoms with van der Waals surface area (Å²) in [6.07, 6.45) is 5.84. The van der Waals surface area contributed by atoms with Gasteiger partial charge in [0.2, 0.25) is 5.65 Å². The van der Waals surface area contributed by atoms with Gasteiger partial charge in [0.1, 0.15) is 5.82 Å². The smallest absolute Gasteiger partial charge is 0.335 e. The predicted octanol–water partition coefficient (Wildman–Crippen LogP) is 3.82. The molecule has 32 heavy (non-hydrogen) atoms. The minimum absolute atomic E-state index is 0.171. The Balaban J connectivity index is 1.58. The maximum Gasteiger partial charge on any atom is 0.335 e. The van der Waals surface area contributed by atoms with E-state index in [9.17, 15) is 14.7 Å². The molecule has 0 radical (unpaired) electrons. The number of carbonyl (C=O) groups is 1. The lowest BCUT2D eigenvalue weighted by Crippen LogP contribution is -2.22. The van der Waals surface area contributed by atoms with Crippen molar-refractivity contribution in [3.05, 3.63) is 58.4 Å². The van der Waals surface area contributed by atoms with E-state index in [1.54, 1.807) is 12.1 Å². The van der Waals surface area contributed by atoms with E-state index in [0.717, 1.165) is 35.2 Å². The molecule has 0 bridgehead atoms. The number of carboxylic acid groups (broad SMARTS) is 1. The highest BCUT2D eigenvalue weighted by atomic mass is 16.4. The van der Waals surface area contributed by atoms with Crippen LogP contribution in [-0.2, 0) is 0 Å². The molecular weight excluding hydrogens is 408 g/mol. The molecule has 5 rings (SSSR count). The zero-order chi connectivity index (χ0) is 22.1. The summed E-state index contributed by atoms with van der Waals surface area (Å²) in [6, 6.07) is 13.0. The number of aromatic nitrogens is 5. The molecule has 0 saturated heterocycles. The molecule has 0 spiro atoms. The molecule has 2 heterocycles. The van der Waals surface area contributed by atoms with Crippen LogP contribution < -0.4 is 10.9 Å². The standard InChI is InChI=1S/C23H22N6O3/c30-22-19-21(28-29-27-19)25-20(26-22)15-10-11-17(13-6-8-14(9-7-13)23(31)32)18(12-15)24-16-4-2-1-3-5-16/h6-12,16,24H,1-5H2,(H,31,32)(H2,25,26,27,28,29,30). The van der Waals surface area contributed by atoms with Gasteiger partial charge in [0.15, 0.2) is 5.52 Å². The van der Waals surface area contributed by atoms with Crippen LogP contribution in [0.3, 0.4) is 0 Å². The molecular formula is C23H22N6O3. The molecule has 1 saturated carbocycles. The Bertz CT molecular complexity index is 1340. The quantitative estimate of drug-likeness (QED) is 0.378. The molecule has 0 atom stereocenters. The molecule has 1 fully saturated rings. The Morgan fingerprint density at radius 3 is 2.50 bits per heavy atom. The van der Waals surface area contributed by atoms with Gasteiger partial charge >= 0.3 is 5.97 Å². The largest absolute Gasteiger partial charge is 0.478 e. The van der Waals surface area contributed by atoms with Crippen molar-refractivity contribution in [3.8, 4) is 22.5 Å². The Morgan fingerprint density at radius 2 is 1.75 bits per heavy atom. The van der Waals surface area contributed by atoms with Crippen LogP contribution in [0, 0.1) is 0 Å². The van der Waals surface area contributed by atoms with Crippen molar-refractivity contribution in [1.29, 1.82) is 0 Å². The number of nitrogens with one attached hydrogen (secondary N) is 3. The zero-order valence-electron chi connectivity index (χ0n) is 17.3. The first-order chi connectivity index (χ1) is 15.6.